The van der Waals surface area contributed by atoms with Crippen LogP contribution in [0.1, 0.15) is 64.9 Å². The topological polar surface area (TPSA) is 71.4 Å². The first-order valence-electron chi connectivity index (χ1n) is 9.66. The van der Waals surface area contributed by atoms with Crippen molar-refractivity contribution in [3.63, 3.8) is 0 Å². The van der Waals surface area contributed by atoms with Gasteiger partial charge in [-0.15, -0.1) is 0 Å². The molecule has 0 radical (unpaired) electrons. The Kier molecular flexibility index (Phi) is 5.07. The Morgan fingerprint density at radius 1 is 0.893 bits per heavy atom. The Morgan fingerprint density at radius 2 is 1.39 bits per heavy atom. The number of hydrogen-bond donors (Lipinski definition) is 1. The first-order chi connectivity index (χ1) is 12.9. The maximum Gasteiger partial charge on any atom is 0.163 e. The highest BCUT2D eigenvalue weighted by molar-refractivity contribution is 6.09. The van der Waals surface area contributed by atoms with Gasteiger partial charge in [0, 0.05) is 37.2 Å². The summed E-state index contributed by atoms with van der Waals surface area (Å²) in [4.78, 5) is 38.9. The highest BCUT2D eigenvalue weighted by Crippen LogP contribution is 2.47. The monoisotopic (exact) mass is 386 g/mol. The molecule has 28 heavy (non-hydrogen) atoms. The van der Waals surface area contributed by atoms with Crippen molar-refractivity contribution in [3.05, 3.63) is 47.0 Å². The molecule has 0 heterocycles. The zero-order valence-electron chi connectivity index (χ0n) is 16.8. The van der Waals surface area contributed by atoms with Crippen molar-refractivity contribution in [3.8, 4) is 0 Å². The third-order valence-electron chi connectivity index (χ3n) is 5.77. The van der Waals surface area contributed by atoms with Crippen LogP contribution in [-0.4, -0.2) is 22.5 Å². The average Bonchev–Trinajstić information content (AvgIpc) is 2.50. The second kappa shape index (κ2) is 6.94. The van der Waals surface area contributed by atoms with Gasteiger partial charge in [0.1, 0.15) is 23.1 Å². The van der Waals surface area contributed by atoms with Gasteiger partial charge in [-0.1, -0.05) is 39.8 Å². The van der Waals surface area contributed by atoms with Crippen LogP contribution in [0.4, 0.5) is 4.39 Å². The molecule has 1 aromatic carbocycles. The third kappa shape index (κ3) is 3.94. The molecule has 1 aromatic rings. The maximum absolute atomic E-state index is 13.5. The molecule has 1 saturated carbocycles. The first-order valence-corrected chi connectivity index (χ1v) is 9.66. The molecule has 1 N–H and O–H groups in total. The summed E-state index contributed by atoms with van der Waals surface area (Å²) in [7, 11) is 0. The fourth-order valence-electron chi connectivity index (χ4n) is 4.63. The Morgan fingerprint density at radius 3 is 1.89 bits per heavy atom. The molecule has 0 bridgehead atoms. The molecular weight excluding hydrogens is 359 g/mol. The van der Waals surface area contributed by atoms with E-state index < -0.39 is 23.1 Å². The van der Waals surface area contributed by atoms with E-state index in [2.05, 4.69) is 0 Å². The summed E-state index contributed by atoms with van der Waals surface area (Å²) < 4.78 is 13.5. The number of carbonyl (C=O) groups is 3. The fraction of sp³-hybridized carbons (Fsp3) is 0.522. The Bertz CT molecular complexity index is 841. The number of rotatable bonds is 3. The lowest BCUT2D eigenvalue weighted by atomic mass is 9.62. The van der Waals surface area contributed by atoms with Crippen LogP contribution in [0.2, 0.25) is 0 Å². The highest BCUT2D eigenvalue weighted by Gasteiger charge is 2.48. The lowest BCUT2D eigenvalue weighted by molar-refractivity contribution is -0.140. The van der Waals surface area contributed by atoms with Crippen LogP contribution in [0.5, 0.6) is 0 Å². The average molecular weight is 386 g/mol. The summed E-state index contributed by atoms with van der Waals surface area (Å²) in [5.41, 5.74) is -0.173. The minimum atomic E-state index is -1.03. The SMILES string of the molecule is CC1(C)CC(=O)C(C(C2=C(O)CC(C)(C)CC2=O)c2ccc(F)cc2)C(=O)C1. The number of allylic oxidation sites excluding steroid dienone is 2. The van der Waals surface area contributed by atoms with Crippen LogP contribution in [-0.2, 0) is 14.4 Å². The number of benzene rings is 1. The fourth-order valence-corrected chi connectivity index (χ4v) is 4.63. The van der Waals surface area contributed by atoms with E-state index in [0.29, 0.717) is 12.0 Å². The van der Waals surface area contributed by atoms with Gasteiger partial charge in [0.05, 0.1) is 5.92 Å². The molecule has 1 fully saturated rings. The standard InChI is InChI=1S/C23H27FO4/c1-22(2)9-15(25)20(16(26)10-22)19(13-5-7-14(24)8-6-13)21-17(27)11-23(3,4)12-18(21)28/h5-8,19-20,27H,9-12H2,1-4H3. The van der Waals surface area contributed by atoms with Gasteiger partial charge >= 0.3 is 0 Å². The highest BCUT2D eigenvalue weighted by atomic mass is 19.1. The number of halogens is 1. The van der Waals surface area contributed by atoms with E-state index in [0.717, 1.165) is 0 Å². The Hall–Kier alpha value is -2.30. The lowest BCUT2D eigenvalue weighted by Crippen LogP contribution is -2.43. The molecule has 4 nitrogen and oxygen atoms in total. The summed E-state index contributed by atoms with van der Waals surface area (Å²) in [6.45, 7) is 7.53. The van der Waals surface area contributed by atoms with Crippen molar-refractivity contribution < 1.29 is 23.9 Å². The number of Topliss-reactive ketones (excluding diaryl/α,β-unsaturated/α-hetero) is 3. The van der Waals surface area contributed by atoms with Crippen LogP contribution >= 0.6 is 0 Å². The zero-order valence-corrected chi connectivity index (χ0v) is 16.8. The zero-order chi connectivity index (χ0) is 20.9. The number of hydrogen-bond acceptors (Lipinski definition) is 4. The molecule has 1 atom stereocenters. The van der Waals surface area contributed by atoms with Crippen LogP contribution in [0.25, 0.3) is 0 Å². The maximum atomic E-state index is 13.5. The van der Waals surface area contributed by atoms with Crippen molar-refractivity contribution in [1.29, 1.82) is 0 Å². The minimum absolute atomic E-state index is 0.0685. The predicted molar refractivity (Wildman–Crippen MR) is 103 cm³/mol. The Labute approximate surface area is 164 Å². The molecule has 0 saturated heterocycles. The quantitative estimate of drug-likeness (QED) is 0.766. The van der Waals surface area contributed by atoms with Gasteiger partial charge in [-0.2, -0.15) is 0 Å². The molecule has 3 rings (SSSR count). The van der Waals surface area contributed by atoms with Crippen molar-refractivity contribution in [2.24, 2.45) is 16.7 Å². The van der Waals surface area contributed by atoms with Crippen molar-refractivity contribution in [2.75, 3.05) is 0 Å². The molecule has 1 unspecified atom stereocenters. The van der Waals surface area contributed by atoms with Crippen LogP contribution in [0, 0.1) is 22.6 Å². The minimum Gasteiger partial charge on any atom is -0.512 e. The van der Waals surface area contributed by atoms with E-state index >= 15 is 0 Å². The summed E-state index contributed by atoms with van der Waals surface area (Å²) >= 11 is 0. The lowest BCUT2D eigenvalue weighted by Gasteiger charge is -2.39. The van der Waals surface area contributed by atoms with E-state index in [1.54, 1.807) is 0 Å². The van der Waals surface area contributed by atoms with Gasteiger partial charge in [-0.25, -0.2) is 4.39 Å². The van der Waals surface area contributed by atoms with E-state index in [1.165, 1.54) is 24.3 Å². The molecule has 0 amide bonds. The summed E-state index contributed by atoms with van der Waals surface area (Å²) in [5, 5.41) is 10.7. The second-order valence-corrected chi connectivity index (χ2v) is 9.76. The van der Waals surface area contributed by atoms with Crippen LogP contribution in [0.15, 0.2) is 35.6 Å². The number of aliphatic hydroxyl groups excluding tert-OH is 1. The van der Waals surface area contributed by atoms with Gasteiger partial charge in [-0.3, -0.25) is 14.4 Å². The molecule has 0 aromatic heterocycles. The van der Waals surface area contributed by atoms with Gasteiger partial charge in [0.25, 0.3) is 0 Å². The molecule has 0 aliphatic heterocycles. The van der Waals surface area contributed by atoms with E-state index in [9.17, 15) is 23.9 Å². The third-order valence-corrected chi connectivity index (χ3v) is 5.77. The number of aliphatic hydroxyl groups is 1. The van der Waals surface area contributed by atoms with Gasteiger partial charge < -0.3 is 5.11 Å². The normalized spacial score (nSPS) is 23.8. The molecule has 5 heteroatoms. The summed E-state index contributed by atoms with van der Waals surface area (Å²) in [6.07, 6.45) is 0.987. The van der Waals surface area contributed by atoms with Crippen molar-refractivity contribution in [2.45, 2.75) is 59.3 Å². The number of ketones is 3. The predicted octanol–water partition coefficient (Wildman–Crippen LogP) is 4.68. The van der Waals surface area contributed by atoms with E-state index in [1.807, 2.05) is 27.7 Å². The number of carbonyl (C=O) groups excluding carboxylic acids is 3. The van der Waals surface area contributed by atoms with E-state index in [-0.39, 0.29) is 53.4 Å². The molecule has 150 valence electrons. The van der Waals surface area contributed by atoms with Gasteiger partial charge in [0.2, 0.25) is 0 Å². The van der Waals surface area contributed by atoms with E-state index in [4.69, 9.17) is 0 Å². The van der Waals surface area contributed by atoms with Crippen molar-refractivity contribution in [1.82, 2.24) is 0 Å². The molecule has 2 aliphatic rings. The summed E-state index contributed by atoms with van der Waals surface area (Å²) in [5.74, 6) is -3.13. The van der Waals surface area contributed by atoms with Crippen LogP contribution in [0.3, 0.4) is 0 Å². The van der Waals surface area contributed by atoms with Gasteiger partial charge in [0.15, 0.2) is 5.78 Å². The largest absolute Gasteiger partial charge is 0.512 e. The second-order valence-electron chi connectivity index (χ2n) is 9.76. The van der Waals surface area contributed by atoms with Crippen molar-refractivity contribution >= 4 is 17.3 Å². The molecule has 0 spiro atoms. The first kappa shape index (κ1) is 20.4. The molecule has 2 aliphatic carbocycles. The Balaban J connectivity index is 2.14. The summed E-state index contributed by atoms with van der Waals surface area (Å²) in [6, 6.07) is 5.49. The molecular formula is C23H27FO4. The smallest absolute Gasteiger partial charge is 0.163 e. The van der Waals surface area contributed by atoms with Crippen LogP contribution < -0.4 is 0 Å². The van der Waals surface area contributed by atoms with Gasteiger partial charge in [-0.05, 0) is 28.5 Å².